The van der Waals surface area contributed by atoms with E-state index in [-0.39, 0.29) is 5.91 Å². The number of carbonyl (C=O) groups excluding carboxylic acids is 1. The second-order valence-electron chi connectivity index (χ2n) is 6.52. The molecule has 2 aromatic carbocycles. The molecule has 118 valence electrons. The number of aromatic amines is 1. The normalized spacial score (nSPS) is 11.6. The van der Waals surface area contributed by atoms with E-state index >= 15 is 0 Å². The number of likely N-dealkylation sites (N-methyl/N-ethyl adjacent to an activating group) is 1. The van der Waals surface area contributed by atoms with Crippen LogP contribution in [0.3, 0.4) is 0 Å². The second-order valence-corrected chi connectivity index (χ2v) is 6.52. The number of hydrogen-bond acceptors (Lipinski definition) is 1. The van der Waals surface area contributed by atoms with Crippen molar-refractivity contribution in [2.24, 2.45) is 0 Å². The lowest BCUT2D eigenvalue weighted by Gasteiger charge is -2.29. The molecular weight excluding hydrogens is 284 g/mol. The number of amides is 1. The van der Waals surface area contributed by atoms with E-state index in [0.717, 1.165) is 22.0 Å². The molecule has 1 aromatic heterocycles. The van der Waals surface area contributed by atoms with Gasteiger partial charge in [-0.3, -0.25) is 4.79 Å². The Bertz CT molecular complexity index is 818. The molecule has 0 saturated heterocycles. The van der Waals surface area contributed by atoms with Crippen molar-refractivity contribution in [3.63, 3.8) is 0 Å². The highest BCUT2D eigenvalue weighted by molar-refractivity contribution is 5.94. The molecule has 1 N–H and O–H groups in total. The van der Waals surface area contributed by atoms with Crippen LogP contribution < -0.4 is 0 Å². The van der Waals surface area contributed by atoms with Crippen LogP contribution >= 0.6 is 0 Å². The summed E-state index contributed by atoms with van der Waals surface area (Å²) in [6, 6.07) is 18.2. The van der Waals surface area contributed by atoms with E-state index in [1.807, 2.05) is 75.6 Å². The summed E-state index contributed by atoms with van der Waals surface area (Å²) in [6.07, 6.45) is 1.96. The summed E-state index contributed by atoms with van der Waals surface area (Å²) >= 11 is 0. The molecule has 0 radical (unpaired) electrons. The fraction of sp³-hybridized carbons (Fsp3) is 0.250. The molecule has 0 fully saturated rings. The van der Waals surface area contributed by atoms with Crippen molar-refractivity contribution in [2.75, 3.05) is 7.05 Å². The number of H-pyrrole nitrogens is 1. The molecule has 3 heteroatoms. The largest absolute Gasteiger partial charge is 0.361 e. The molecule has 3 aromatic rings. The maximum absolute atomic E-state index is 13.0. The summed E-state index contributed by atoms with van der Waals surface area (Å²) in [7, 11) is 1.87. The highest BCUT2D eigenvalue weighted by Gasteiger charge is 2.34. The standard InChI is InChI=1S/C20H22N2O/c1-20(2,17-13-21-18-12-8-7-11-16(17)18)19(23)22(3)14-15-9-5-4-6-10-15/h4-13,21H,14H2,1-3H3. The lowest BCUT2D eigenvalue weighted by molar-refractivity contribution is -0.135. The molecule has 3 nitrogen and oxygen atoms in total. The second kappa shape index (κ2) is 5.92. The van der Waals surface area contributed by atoms with E-state index in [1.54, 1.807) is 4.90 Å². The van der Waals surface area contributed by atoms with Crippen molar-refractivity contribution in [1.29, 1.82) is 0 Å². The number of hydrogen-bond donors (Lipinski definition) is 1. The summed E-state index contributed by atoms with van der Waals surface area (Å²) in [5, 5.41) is 1.11. The maximum Gasteiger partial charge on any atom is 0.232 e. The average molecular weight is 306 g/mol. The molecule has 1 heterocycles. The predicted molar refractivity (Wildman–Crippen MR) is 94.2 cm³/mol. The van der Waals surface area contributed by atoms with Gasteiger partial charge >= 0.3 is 0 Å². The zero-order valence-corrected chi connectivity index (χ0v) is 13.8. The van der Waals surface area contributed by atoms with Crippen molar-refractivity contribution in [1.82, 2.24) is 9.88 Å². The van der Waals surface area contributed by atoms with Crippen LogP contribution in [-0.2, 0) is 16.8 Å². The molecule has 0 spiro atoms. The van der Waals surface area contributed by atoms with Crippen LogP contribution in [0.2, 0.25) is 0 Å². The van der Waals surface area contributed by atoms with Crippen LogP contribution in [0.25, 0.3) is 10.9 Å². The first kappa shape index (κ1) is 15.3. The fourth-order valence-corrected chi connectivity index (χ4v) is 3.11. The first-order valence-electron chi connectivity index (χ1n) is 7.86. The van der Waals surface area contributed by atoms with Crippen molar-refractivity contribution in [2.45, 2.75) is 25.8 Å². The minimum atomic E-state index is -0.580. The van der Waals surface area contributed by atoms with Crippen LogP contribution in [0.1, 0.15) is 25.0 Å². The number of para-hydroxylation sites is 1. The fourth-order valence-electron chi connectivity index (χ4n) is 3.11. The van der Waals surface area contributed by atoms with Crippen LogP contribution in [0.15, 0.2) is 60.8 Å². The highest BCUT2D eigenvalue weighted by atomic mass is 16.2. The SMILES string of the molecule is CN(Cc1ccccc1)C(=O)C(C)(C)c1c[nH]c2ccccc12. The monoisotopic (exact) mass is 306 g/mol. The number of nitrogens with one attached hydrogen (secondary N) is 1. The van der Waals surface area contributed by atoms with Gasteiger partial charge in [0.15, 0.2) is 0 Å². The Morgan fingerprint density at radius 1 is 1.04 bits per heavy atom. The van der Waals surface area contributed by atoms with Gasteiger partial charge in [0.2, 0.25) is 5.91 Å². The lowest BCUT2D eigenvalue weighted by atomic mass is 9.83. The predicted octanol–water partition coefficient (Wildman–Crippen LogP) is 4.10. The molecule has 0 unspecified atom stereocenters. The summed E-state index contributed by atoms with van der Waals surface area (Å²) in [5.41, 5.74) is 2.66. The van der Waals surface area contributed by atoms with Gasteiger partial charge in [0.25, 0.3) is 0 Å². The Labute approximate surface area is 136 Å². The van der Waals surface area contributed by atoms with Crippen LogP contribution in [0.4, 0.5) is 0 Å². The molecule has 1 amide bonds. The van der Waals surface area contributed by atoms with Crippen molar-refractivity contribution < 1.29 is 4.79 Å². The minimum Gasteiger partial charge on any atom is -0.361 e. The van der Waals surface area contributed by atoms with E-state index in [2.05, 4.69) is 11.1 Å². The Balaban J connectivity index is 1.88. The van der Waals surface area contributed by atoms with Gasteiger partial charge in [-0.05, 0) is 31.0 Å². The van der Waals surface area contributed by atoms with E-state index < -0.39 is 5.41 Å². The van der Waals surface area contributed by atoms with Gasteiger partial charge < -0.3 is 9.88 Å². The number of aromatic nitrogens is 1. The van der Waals surface area contributed by atoms with Crippen LogP contribution in [-0.4, -0.2) is 22.8 Å². The van der Waals surface area contributed by atoms with E-state index in [1.165, 1.54) is 0 Å². The third-order valence-corrected chi connectivity index (χ3v) is 4.41. The summed E-state index contributed by atoms with van der Waals surface area (Å²) in [5.74, 6) is 0.117. The summed E-state index contributed by atoms with van der Waals surface area (Å²) in [4.78, 5) is 18.1. The van der Waals surface area contributed by atoms with E-state index in [9.17, 15) is 4.79 Å². The van der Waals surface area contributed by atoms with Crippen molar-refractivity contribution >= 4 is 16.8 Å². The summed E-state index contributed by atoms with van der Waals surface area (Å²) in [6.45, 7) is 4.60. The minimum absolute atomic E-state index is 0.117. The quantitative estimate of drug-likeness (QED) is 0.774. The molecule has 0 bridgehead atoms. The number of nitrogens with zero attached hydrogens (tertiary/aromatic N) is 1. The van der Waals surface area contributed by atoms with Crippen molar-refractivity contribution in [3.8, 4) is 0 Å². The average Bonchev–Trinajstić information content (AvgIpc) is 2.99. The number of rotatable bonds is 4. The molecule has 0 aliphatic rings. The molecule has 0 atom stereocenters. The Morgan fingerprint density at radius 2 is 1.70 bits per heavy atom. The van der Waals surface area contributed by atoms with E-state index in [4.69, 9.17) is 0 Å². The van der Waals surface area contributed by atoms with Gasteiger partial charge in [-0.25, -0.2) is 0 Å². The van der Waals surface area contributed by atoms with Gasteiger partial charge in [-0.1, -0.05) is 48.5 Å². The van der Waals surface area contributed by atoms with Crippen LogP contribution in [0.5, 0.6) is 0 Å². The van der Waals surface area contributed by atoms with Crippen molar-refractivity contribution in [3.05, 3.63) is 71.9 Å². The highest BCUT2D eigenvalue weighted by Crippen LogP contribution is 2.32. The van der Waals surface area contributed by atoms with E-state index in [0.29, 0.717) is 6.54 Å². The maximum atomic E-state index is 13.0. The Morgan fingerprint density at radius 3 is 2.43 bits per heavy atom. The molecule has 0 aliphatic heterocycles. The van der Waals surface area contributed by atoms with Gasteiger partial charge in [-0.15, -0.1) is 0 Å². The summed E-state index contributed by atoms with van der Waals surface area (Å²) < 4.78 is 0. The topological polar surface area (TPSA) is 36.1 Å². The lowest BCUT2D eigenvalue weighted by Crippen LogP contribution is -2.40. The molecule has 0 saturated carbocycles. The Hall–Kier alpha value is -2.55. The Kier molecular flexibility index (Phi) is 3.95. The van der Waals surface area contributed by atoms with Crippen LogP contribution in [0, 0.1) is 0 Å². The number of carbonyl (C=O) groups is 1. The zero-order valence-electron chi connectivity index (χ0n) is 13.8. The molecular formula is C20H22N2O. The van der Waals surface area contributed by atoms with Gasteiger partial charge in [0.1, 0.15) is 0 Å². The first-order chi connectivity index (χ1) is 11.0. The zero-order chi connectivity index (χ0) is 16.4. The number of fused-ring (bicyclic) bond motifs is 1. The molecule has 23 heavy (non-hydrogen) atoms. The molecule has 0 aliphatic carbocycles. The van der Waals surface area contributed by atoms with Gasteiger partial charge in [-0.2, -0.15) is 0 Å². The first-order valence-corrected chi connectivity index (χ1v) is 7.86. The number of benzene rings is 2. The third kappa shape index (κ3) is 2.87. The smallest absolute Gasteiger partial charge is 0.232 e. The third-order valence-electron chi connectivity index (χ3n) is 4.41. The molecule has 3 rings (SSSR count). The van der Waals surface area contributed by atoms with Gasteiger partial charge in [0, 0.05) is 30.7 Å². The van der Waals surface area contributed by atoms with Gasteiger partial charge in [0.05, 0.1) is 5.41 Å².